The number of primary amides is 1. The molecule has 4 unspecified atom stereocenters. The van der Waals surface area contributed by atoms with Gasteiger partial charge in [-0.1, -0.05) is 12.1 Å². The number of rotatable bonds is 7. The fourth-order valence-corrected chi connectivity index (χ4v) is 5.80. The number of ketones is 2. The van der Waals surface area contributed by atoms with E-state index in [1.54, 1.807) is 12.1 Å². The first-order chi connectivity index (χ1) is 17.9. The van der Waals surface area contributed by atoms with Crippen molar-refractivity contribution >= 4 is 59.6 Å². The highest BCUT2D eigenvalue weighted by Crippen LogP contribution is 2.53. The van der Waals surface area contributed by atoms with Gasteiger partial charge in [-0.05, 0) is 44.5 Å². The maximum absolute atomic E-state index is 13.8. The fourth-order valence-electron chi connectivity index (χ4n) is 5.80. The molecule has 1 saturated carbocycles. The van der Waals surface area contributed by atoms with Gasteiger partial charge < -0.3 is 36.8 Å². The molecule has 218 valence electrons. The molecule has 0 saturated heterocycles. The fraction of sp³-hybridized carbons (Fsp3) is 0.385. The van der Waals surface area contributed by atoms with Crippen LogP contribution in [-0.2, 0) is 25.6 Å². The molecule has 0 aromatic heterocycles. The van der Waals surface area contributed by atoms with Crippen molar-refractivity contribution < 1.29 is 39.6 Å². The molecule has 1 fully saturated rings. The molecule has 3 aliphatic rings. The van der Waals surface area contributed by atoms with E-state index in [-0.39, 0.29) is 61.0 Å². The number of hydrogen-bond donors (Lipinski definition) is 7. The third-order valence-corrected chi connectivity index (χ3v) is 7.44. The van der Waals surface area contributed by atoms with Gasteiger partial charge in [-0.25, -0.2) is 0 Å². The van der Waals surface area contributed by atoms with Gasteiger partial charge in [-0.3, -0.25) is 24.1 Å². The minimum atomic E-state index is -2.71. The average Bonchev–Trinajstić information content (AvgIpc) is 2.83. The van der Waals surface area contributed by atoms with E-state index < -0.39 is 69.7 Å². The molecule has 1 aromatic rings. The van der Waals surface area contributed by atoms with Crippen molar-refractivity contribution in [2.45, 2.75) is 24.5 Å². The van der Waals surface area contributed by atoms with Gasteiger partial charge in [0.15, 0.2) is 11.4 Å². The standard InChI is InChI=1S/C26H30N4O8.2ClH/c1-4-7-28-10-15(31)29-14-6-5-11-8-12-9-13-19(30(2)3)22(34)18(25(27)37)24(36)26(13,38)23(35)17(12)21(33)16(11)20(14)32;;/h4-6,12-13,19,28,32-33,36,38H,1,7-10H2,2-3H3,(H2,27,37)(H,29,31);2*1H. The molecule has 8 N–H and O–H groups in total. The zero-order chi connectivity index (χ0) is 28.1. The molecule has 3 aliphatic carbocycles. The maximum Gasteiger partial charge on any atom is 0.255 e. The first kappa shape index (κ1) is 32.8. The lowest BCUT2D eigenvalue weighted by Gasteiger charge is -2.50. The van der Waals surface area contributed by atoms with Crippen LogP contribution in [0.4, 0.5) is 5.69 Å². The summed E-state index contributed by atoms with van der Waals surface area (Å²) in [4.78, 5) is 52.6. The number of carbonyl (C=O) groups excluding carboxylic acids is 4. The zero-order valence-corrected chi connectivity index (χ0v) is 23.4. The van der Waals surface area contributed by atoms with Crippen LogP contribution in [-0.4, -0.2) is 87.5 Å². The predicted molar refractivity (Wildman–Crippen MR) is 150 cm³/mol. The van der Waals surface area contributed by atoms with Crippen molar-refractivity contribution in [1.29, 1.82) is 0 Å². The second kappa shape index (κ2) is 12.0. The number of fused-ring (bicyclic) bond motifs is 3. The number of aliphatic hydroxyl groups is 3. The number of likely N-dealkylation sites (N-methyl/N-ethyl adjacent to an activating group) is 1. The summed E-state index contributed by atoms with van der Waals surface area (Å²) in [5.74, 6) is -7.73. The largest absolute Gasteiger partial charge is 0.508 e. The summed E-state index contributed by atoms with van der Waals surface area (Å²) in [6.45, 7) is 3.87. The summed E-state index contributed by atoms with van der Waals surface area (Å²) in [6.07, 6.45) is 1.74. The third kappa shape index (κ3) is 4.97. The predicted octanol–water partition coefficient (Wildman–Crippen LogP) is 0.522. The number of nitrogens with two attached hydrogens (primary N) is 1. The molecule has 40 heavy (non-hydrogen) atoms. The SMILES string of the molecule is C=CCNCC(=O)Nc1ccc2c(c1O)C(O)=C1C(=O)C3(O)C(O)=C(C(N)=O)C(=O)C(N(C)C)C3CC1C2.Cl.Cl. The average molecular weight is 599 g/mol. The first-order valence-electron chi connectivity index (χ1n) is 12.0. The summed E-state index contributed by atoms with van der Waals surface area (Å²) >= 11 is 0. The van der Waals surface area contributed by atoms with Crippen LogP contribution in [0.25, 0.3) is 5.76 Å². The Balaban J connectivity index is 0.00000280. The Morgan fingerprint density at radius 1 is 1.20 bits per heavy atom. The van der Waals surface area contributed by atoms with E-state index in [0.717, 1.165) is 0 Å². The number of hydrogen-bond acceptors (Lipinski definition) is 10. The number of aliphatic hydroxyl groups excluding tert-OH is 2. The van der Waals surface area contributed by atoms with Crippen molar-refractivity contribution in [1.82, 2.24) is 10.2 Å². The summed E-state index contributed by atoms with van der Waals surface area (Å²) in [7, 11) is 3.07. The molecular weight excluding hydrogens is 567 g/mol. The molecule has 0 aliphatic heterocycles. The quantitative estimate of drug-likeness (QED) is 0.100. The molecule has 4 atom stereocenters. The lowest BCUT2D eigenvalue weighted by molar-refractivity contribution is -0.153. The summed E-state index contributed by atoms with van der Waals surface area (Å²) in [6, 6.07) is 1.92. The molecule has 0 heterocycles. The molecule has 12 nitrogen and oxygen atoms in total. The lowest BCUT2D eigenvalue weighted by Crippen LogP contribution is -2.65. The highest BCUT2D eigenvalue weighted by molar-refractivity contribution is 6.24. The number of amides is 2. The maximum atomic E-state index is 13.8. The van der Waals surface area contributed by atoms with Crippen LogP contribution in [0, 0.1) is 11.8 Å². The Morgan fingerprint density at radius 2 is 1.85 bits per heavy atom. The Morgan fingerprint density at radius 3 is 2.42 bits per heavy atom. The third-order valence-electron chi connectivity index (χ3n) is 7.44. The van der Waals surface area contributed by atoms with E-state index >= 15 is 0 Å². The van der Waals surface area contributed by atoms with Gasteiger partial charge in [-0.2, -0.15) is 0 Å². The Kier molecular flexibility index (Phi) is 9.83. The number of halogens is 2. The number of phenols is 1. The lowest BCUT2D eigenvalue weighted by atomic mass is 9.57. The molecule has 0 spiro atoms. The van der Waals surface area contributed by atoms with Crippen LogP contribution >= 0.6 is 24.8 Å². The second-order valence-corrected chi connectivity index (χ2v) is 9.93. The molecule has 4 rings (SSSR count). The van der Waals surface area contributed by atoms with E-state index in [0.29, 0.717) is 12.1 Å². The molecule has 14 heteroatoms. The summed E-state index contributed by atoms with van der Waals surface area (Å²) in [5.41, 5.74) is 1.86. The summed E-state index contributed by atoms with van der Waals surface area (Å²) in [5, 5.41) is 49.9. The van der Waals surface area contributed by atoms with Crippen molar-refractivity contribution in [3.8, 4) is 5.75 Å². The van der Waals surface area contributed by atoms with E-state index in [2.05, 4.69) is 17.2 Å². The van der Waals surface area contributed by atoms with Crippen molar-refractivity contribution in [3.05, 3.63) is 52.8 Å². The Bertz CT molecular complexity index is 1340. The van der Waals surface area contributed by atoms with Gasteiger partial charge in [0.25, 0.3) is 5.91 Å². The van der Waals surface area contributed by atoms with E-state index in [1.165, 1.54) is 25.1 Å². The number of phenolic OH excluding ortho intramolecular Hbond substituents is 1. The van der Waals surface area contributed by atoms with Crippen LogP contribution in [0.2, 0.25) is 0 Å². The van der Waals surface area contributed by atoms with E-state index in [4.69, 9.17) is 5.73 Å². The minimum Gasteiger partial charge on any atom is -0.508 e. The summed E-state index contributed by atoms with van der Waals surface area (Å²) < 4.78 is 0. The van der Waals surface area contributed by atoms with Crippen LogP contribution in [0.3, 0.4) is 0 Å². The van der Waals surface area contributed by atoms with E-state index in [1.807, 2.05) is 0 Å². The van der Waals surface area contributed by atoms with Gasteiger partial charge in [0.2, 0.25) is 11.7 Å². The van der Waals surface area contributed by atoms with E-state index in [9.17, 15) is 39.6 Å². The Hall–Kier alpha value is -3.42. The second-order valence-electron chi connectivity index (χ2n) is 9.93. The van der Waals surface area contributed by atoms with Gasteiger partial charge >= 0.3 is 0 Å². The highest BCUT2D eigenvalue weighted by Gasteiger charge is 2.64. The molecule has 1 aromatic carbocycles. The Labute approximate surface area is 242 Å². The number of Topliss-reactive ketones (excluding diaryl/α,β-unsaturated/α-hetero) is 2. The number of nitrogens with zero attached hydrogens (tertiary/aromatic N) is 1. The van der Waals surface area contributed by atoms with Crippen molar-refractivity contribution in [2.75, 3.05) is 32.5 Å². The normalized spacial score (nSPS) is 25.2. The number of anilines is 1. The molecule has 2 amide bonds. The van der Waals surface area contributed by atoms with Gasteiger partial charge in [0.05, 0.1) is 23.8 Å². The van der Waals surface area contributed by atoms with Crippen LogP contribution in [0.15, 0.2) is 41.7 Å². The molecule has 0 radical (unpaired) electrons. The van der Waals surface area contributed by atoms with Crippen molar-refractivity contribution in [2.24, 2.45) is 17.6 Å². The number of carbonyl (C=O) groups is 4. The number of nitrogens with one attached hydrogen (secondary N) is 2. The zero-order valence-electron chi connectivity index (χ0n) is 21.8. The topological polar surface area (TPSA) is 203 Å². The van der Waals surface area contributed by atoms with Crippen LogP contribution in [0.1, 0.15) is 17.5 Å². The van der Waals surface area contributed by atoms with Crippen molar-refractivity contribution in [3.63, 3.8) is 0 Å². The minimum absolute atomic E-state index is 0. The number of benzene rings is 1. The highest BCUT2D eigenvalue weighted by atomic mass is 35.5. The van der Waals surface area contributed by atoms with Gasteiger partial charge in [0, 0.05) is 18.0 Å². The van der Waals surface area contributed by atoms with Crippen LogP contribution < -0.4 is 16.4 Å². The van der Waals surface area contributed by atoms with Crippen LogP contribution in [0.5, 0.6) is 5.75 Å². The molecule has 0 bridgehead atoms. The van der Waals surface area contributed by atoms with Gasteiger partial charge in [0.1, 0.15) is 22.8 Å². The number of aromatic hydroxyl groups is 1. The van der Waals surface area contributed by atoms with Gasteiger partial charge in [-0.15, -0.1) is 31.4 Å². The molecular formula is C26H32Cl2N4O8. The smallest absolute Gasteiger partial charge is 0.255 e. The monoisotopic (exact) mass is 598 g/mol. The first-order valence-corrected chi connectivity index (χ1v) is 12.0.